The van der Waals surface area contributed by atoms with Gasteiger partial charge in [-0.3, -0.25) is 0 Å². The molecule has 0 radical (unpaired) electrons. The lowest BCUT2D eigenvalue weighted by Gasteiger charge is -2.08. The molecule has 4 aromatic rings. The summed E-state index contributed by atoms with van der Waals surface area (Å²) >= 11 is 0. The maximum Gasteiger partial charge on any atom is 0.123 e. The van der Waals surface area contributed by atoms with Crippen molar-refractivity contribution in [3.05, 3.63) is 78.6 Å². The summed E-state index contributed by atoms with van der Waals surface area (Å²) in [4.78, 5) is 7.53. The number of imidazole rings is 1. The number of benzene rings is 2. The number of hydrogen-bond donors (Lipinski definition) is 1. The zero-order valence-electron chi connectivity index (χ0n) is 11.8. The lowest BCUT2D eigenvalue weighted by Crippen LogP contribution is -2.00. The molecular formula is C18H14FN3. The van der Waals surface area contributed by atoms with Crippen molar-refractivity contribution in [1.29, 1.82) is 0 Å². The number of halogens is 1. The van der Waals surface area contributed by atoms with E-state index in [1.807, 2.05) is 41.2 Å². The quantitative estimate of drug-likeness (QED) is 0.602. The van der Waals surface area contributed by atoms with Crippen molar-refractivity contribution >= 4 is 10.9 Å². The number of hydrogen-bond acceptors (Lipinski definition) is 1. The molecule has 1 N–H and O–H groups in total. The van der Waals surface area contributed by atoms with Gasteiger partial charge in [-0.1, -0.05) is 30.3 Å². The summed E-state index contributed by atoms with van der Waals surface area (Å²) in [6, 6.07) is 14.8. The van der Waals surface area contributed by atoms with Crippen LogP contribution in [0.1, 0.15) is 5.56 Å². The lowest BCUT2D eigenvalue weighted by molar-refractivity contribution is 0.623. The van der Waals surface area contributed by atoms with E-state index < -0.39 is 0 Å². The Balaban J connectivity index is 1.77. The largest absolute Gasteiger partial charge is 0.360 e. The maximum absolute atomic E-state index is 13.3. The third-order valence-electron chi connectivity index (χ3n) is 3.82. The number of H-pyrrole nitrogens is 1. The molecule has 0 bridgehead atoms. The summed E-state index contributed by atoms with van der Waals surface area (Å²) in [5.74, 6) is -0.216. The number of nitrogens with zero attached hydrogens (tertiary/aromatic N) is 2. The Morgan fingerprint density at radius 1 is 1.09 bits per heavy atom. The van der Waals surface area contributed by atoms with Crippen LogP contribution in [-0.2, 0) is 6.54 Å². The monoisotopic (exact) mass is 291 g/mol. The highest BCUT2D eigenvalue weighted by Gasteiger charge is 2.10. The molecule has 0 aliphatic carbocycles. The molecule has 2 aromatic heterocycles. The third kappa shape index (κ3) is 2.19. The number of fused-ring (bicyclic) bond motifs is 1. The van der Waals surface area contributed by atoms with Gasteiger partial charge in [-0.2, -0.15) is 0 Å². The Morgan fingerprint density at radius 3 is 2.91 bits per heavy atom. The van der Waals surface area contributed by atoms with Gasteiger partial charge in [-0.25, -0.2) is 9.37 Å². The van der Waals surface area contributed by atoms with Gasteiger partial charge in [0.1, 0.15) is 5.82 Å². The fourth-order valence-electron chi connectivity index (χ4n) is 2.79. The molecule has 2 aromatic carbocycles. The van der Waals surface area contributed by atoms with Crippen LogP contribution in [0, 0.1) is 5.82 Å². The predicted molar refractivity (Wildman–Crippen MR) is 85.0 cm³/mol. The summed E-state index contributed by atoms with van der Waals surface area (Å²) in [5.41, 5.74) is 4.13. The first-order valence-corrected chi connectivity index (χ1v) is 7.12. The van der Waals surface area contributed by atoms with E-state index in [0.717, 1.165) is 27.7 Å². The summed E-state index contributed by atoms with van der Waals surface area (Å²) < 4.78 is 15.4. The molecule has 0 atom stereocenters. The van der Waals surface area contributed by atoms with E-state index >= 15 is 0 Å². The molecule has 4 heteroatoms. The minimum atomic E-state index is -0.216. The average Bonchev–Trinajstić information content (AvgIpc) is 3.13. The van der Waals surface area contributed by atoms with Crippen LogP contribution in [0.25, 0.3) is 22.2 Å². The number of nitrogens with one attached hydrogen (secondary N) is 1. The highest BCUT2D eigenvalue weighted by Crippen LogP contribution is 2.28. The fourth-order valence-corrected chi connectivity index (χ4v) is 2.79. The van der Waals surface area contributed by atoms with Crippen LogP contribution >= 0.6 is 0 Å². The number of aromatic nitrogens is 3. The number of para-hydroxylation sites is 1. The van der Waals surface area contributed by atoms with Gasteiger partial charge >= 0.3 is 0 Å². The summed E-state index contributed by atoms with van der Waals surface area (Å²) in [5, 5.41) is 1.16. The molecule has 108 valence electrons. The summed E-state index contributed by atoms with van der Waals surface area (Å²) in [6.07, 6.45) is 5.61. The molecule has 0 unspecified atom stereocenters. The Labute approximate surface area is 127 Å². The highest BCUT2D eigenvalue weighted by atomic mass is 19.1. The molecule has 0 amide bonds. The Bertz CT molecular complexity index is 936. The smallest absolute Gasteiger partial charge is 0.123 e. The van der Waals surface area contributed by atoms with Crippen molar-refractivity contribution in [3.63, 3.8) is 0 Å². The third-order valence-corrected chi connectivity index (χ3v) is 3.82. The van der Waals surface area contributed by atoms with Gasteiger partial charge in [0.25, 0.3) is 0 Å². The van der Waals surface area contributed by atoms with Gasteiger partial charge in [-0.05, 0) is 23.8 Å². The number of rotatable bonds is 3. The highest BCUT2D eigenvalue weighted by molar-refractivity contribution is 5.94. The first-order chi connectivity index (χ1) is 10.8. The van der Waals surface area contributed by atoms with Gasteiger partial charge in [-0.15, -0.1) is 0 Å². The number of aromatic amines is 1. The minimum Gasteiger partial charge on any atom is -0.360 e. The normalized spacial score (nSPS) is 11.1. The van der Waals surface area contributed by atoms with Crippen molar-refractivity contribution in [2.45, 2.75) is 6.54 Å². The van der Waals surface area contributed by atoms with Crippen LogP contribution in [-0.4, -0.2) is 14.5 Å². The average molecular weight is 291 g/mol. The van der Waals surface area contributed by atoms with E-state index in [2.05, 4.69) is 16.0 Å². The van der Waals surface area contributed by atoms with E-state index in [4.69, 9.17) is 0 Å². The zero-order valence-corrected chi connectivity index (χ0v) is 11.8. The SMILES string of the molecule is Fc1cccc(Cn2cncc2-c2c[nH]c3ccccc23)c1. The standard InChI is InChI=1S/C18H14FN3/c19-14-5-3-4-13(8-14)11-22-12-20-10-18(22)16-9-21-17-7-2-1-6-15(16)17/h1-10,12,21H,11H2. The van der Waals surface area contributed by atoms with E-state index in [-0.39, 0.29) is 5.82 Å². The van der Waals surface area contributed by atoms with Gasteiger partial charge in [0.15, 0.2) is 0 Å². The van der Waals surface area contributed by atoms with Gasteiger partial charge in [0.05, 0.1) is 18.2 Å². The van der Waals surface area contributed by atoms with Gasteiger partial charge in [0.2, 0.25) is 0 Å². The second-order valence-corrected chi connectivity index (χ2v) is 5.28. The van der Waals surface area contributed by atoms with Crippen molar-refractivity contribution < 1.29 is 4.39 Å². The van der Waals surface area contributed by atoms with Crippen molar-refractivity contribution in [1.82, 2.24) is 14.5 Å². The van der Waals surface area contributed by atoms with Crippen LogP contribution in [0.4, 0.5) is 4.39 Å². The van der Waals surface area contributed by atoms with Crippen molar-refractivity contribution in [2.24, 2.45) is 0 Å². The van der Waals surface area contributed by atoms with Gasteiger partial charge < -0.3 is 9.55 Å². The zero-order chi connectivity index (χ0) is 14.9. The Hall–Kier alpha value is -2.88. The van der Waals surface area contributed by atoms with E-state index in [1.54, 1.807) is 18.5 Å². The minimum absolute atomic E-state index is 0.216. The topological polar surface area (TPSA) is 33.6 Å². The van der Waals surface area contributed by atoms with Crippen LogP contribution in [0.2, 0.25) is 0 Å². The molecule has 0 aliphatic rings. The first-order valence-electron chi connectivity index (χ1n) is 7.12. The molecule has 2 heterocycles. The van der Waals surface area contributed by atoms with Crippen molar-refractivity contribution in [3.8, 4) is 11.3 Å². The van der Waals surface area contributed by atoms with E-state index in [1.165, 1.54) is 6.07 Å². The lowest BCUT2D eigenvalue weighted by atomic mass is 10.1. The predicted octanol–water partition coefficient (Wildman–Crippen LogP) is 4.22. The molecular weight excluding hydrogens is 277 g/mol. The summed E-state index contributed by atoms with van der Waals surface area (Å²) in [6.45, 7) is 0.590. The molecule has 0 fully saturated rings. The molecule has 0 saturated carbocycles. The molecule has 0 spiro atoms. The summed E-state index contributed by atoms with van der Waals surface area (Å²) in [7, 11) is 0. The second kappa shape index (κ2) is 5.15. The maximum atomic E-state index is 13.3. The Kier molecular flexibility index (Phi) is 3.00. The van der Waals surface area contributed by atoms with E-state index in [9.17, 15) is 4.39 Å². The molecule has 3 nitrogen and oxygen atoms in total. The van der Waals surface area contributed by atoms with Crippen LogP contribution in [0.15, 0.2) is 67.3 Å². The molecule has 22 heavy (non-hydrogen) atoms. The van der Waals surface area contributed by atoms with Crippen LogP contribution in [0.5, 0.6) is 0 Å². The second-order valence-electron chi connectivity index (χ2n) is 5.28. The van der Waals surface area contributed by atoms with Crippen LogP contribution in [0.3, 0.4) is 0 Å². The molecule has 4 rings (SSSR count). The first kappa shape index (κ1) is 12.8. The van der Waals surface area contributed by atoms with Gasteiger partial charge in [0, 0.05) is 29.2 Å². The van der Waals surface area contributed by atoms with Crippen molar-refractivity contribution in [2.75, 3.05) is 0 Å². The molecule has 0 saturated heterocycles. The molecule has 0 aliphatic heterocycles. The fraction of sp³-hybridized carbons (Fsp3) is 0.0556. The van der Waals surface area contributed by atoms with E-state index in [0.29, 0.717) is 6.54 Å². The van der Waals surface area contributed by atoms with Crippen LogP contribution < -0.4 is 0 Å². The Morgan fingerprint density at radius 2 is 2.00 bits per heavy atom.